The number of aliphatic hydroxyl groups excluding tert-OH is 3. The molecule has 5 atom stereocenters. The molecule has 2 unspecified atom stereocenters. The van der Waals surface area contributed by atoms with E-state index in [2.05, 4.69) is 10.3 Å². The van der Waals surface area contributed by atoms with Gasteiger partial charge in [0.15, 0.2) is 17.5 Å². The Morgan fingerprint density at radius 3 is 2.47 bits per heavy atom. The summed E-state index contributed by atoms with van der Waals surface area (Å²) >= 11 is 7.04. The first-order valence-corrected chi connectivity index (χ1v) is 11.0. The molecular weight excluding hydrogens is 497 g/mol. The average Bonchev–Trinajstić information content (AvgIpc) is 3.28. The monoisotopic (exact) mass is 512 g/mol. The predicted octanol–water partition coefficient (Wildman–Crippen LogP) is 2.66. The van der Waals surface area contributed by atoms with Crippen molar-refractivity contribution >= 4 is 23.4 Å². The van der Waals surface area contributed by atoms with Gasteiger partial charge in [-0.05, 0) is 30.3 Å². The maximum Gasteiger partial charge on any atom is 0.194 e. The van der Waals surface area contributed by atoms with E-state index in [0.29, 0.717) is 9.92 Å². The number of benzene rings is 2. The molecule has 1 aliphatic heterocycles. The smallest absolute Gasteiger partial charge is 0.194 e. The first-order chi connectivity index (χ1) is 16.2. The molecule has 2 aromatic carbocycles. The third-order valence-electron chi connectivity index (χ3n) is 5.20. The van der Waals surface area contributed by atoms with Gasteiger partial charge in [0, 0.05) is 15.5 Å². The van der Waals surface area contributed by atoms with Crippen molar-refractivity contribution in [3.63, 3.8) is 0 Å². The van der Waals surface area contributed by atoms with Crippen LogP contribution in [0, 0.1) is 28.8 Å². The first kappa shape index (κ1) is 24.5. The second kappa shape index (κ2) is 9.91. The molecule has 1 saturated heterocycles. The van der Waals surface area contributed by atoms with Crippen molar-refractivity contribution in [1.82, 2.24) is 15.0 Å². The lowest BCUT2D eigenvalue weighted by Gasteiger charge is -2.41. The summed E-state index contributed by atoms with van der Waals surface area (Å²) < 4.78 is 47.3. The fraction of sp³-hybridized carbons (Fsp3) is 0.286. The number of halogens is 4. The molecule has 3 aromatic rings. The standard InChI is InChI=1S/C21H16ClF3N4O4S/c22-11-1-9(6-26)2-12(5-11)34-21-20(32)18(19(31)16(8-30)33-21)29-7-15(27-28-29)10-3-13(23)17(25)14(24)4-10/h1-5,7,16,18-21,30-32H,8H2/t16?,18?,19-,20-,21+/m0/s1. The Kier molecular flexibility index (Phi) is 7.13. The quantitative estimate of drug-likeness (QED) is 0.446. The van der Waals surface area contributed by atoms with Gasteiger partial charge in [-0.15, -0.1) is 5.10 Å². The van der Waals surface area contributed by atoms with E-state index >= 15 is 0 Å². The number of ether oxygens (including phenoxy) is 1. The van der Waals surface area contributed by atoms with Crippen LogP contribution in [0.25, 0.3) is 11.3 Å². The van der Waals surface area contributed by atoms with Crippen molar-refractivity contribution in [3.05, 3.63) is 64.6 Å². The molecule has 1 aromatic heterocycles. The van der Waals surface area contributed by atoms with Gasteiger partial charge in [-0.2, -0.15) is 5.26 Å². The molecule has 3 N–H and O–H groups in total. The van der Waals surface area contributed by atoms with Gasteiger partial charge in [0.1, 0.15) is 35.5 Å². The van der Waals surface area contributed by atoms with Gasteiger partial charge in [0.05, 0.1) is 24.4 Å². The highest BCUT2D eigenvalue weighted by molar-refractivity contribution is 7.99. The summed E-state index contributed by atoms with van der Waals surface area (Å²) in [6.45, 7) is -0.587. The van der Waals surface area contributed by atoms with Crippen LogP contribution < -0.4 is 0 Å². The summed E-state index contributed by atoms with van der Waals surface area (Å²) in [5.74, 6) is -4.45. The fourth-order valence-corrected chi connectivity index (χ4v) is 5.02. The summed E-state index contributed by atoms with van der Waals surface area (Å²) in [5.41, 5.74) is -0.882. The van der Waals surface area contributed by atoms with Gasteiger partial charge in [-0.1, -0.05) is 28.6 Å². The van der Waals surface area contributed by atoms with Gasteiger partial charge in [0.2, 0.25) is 0 Å². The van der Waals surface area contributed by atoms with Gasteiger partial charge < -0.3 is 20.1 Å². The van der Waals surface area contributed by atoms with E-state index in [1.54, 1.807) is 6.07 Å². The topological polar surface area (TPSA) is 124 Å². The lowest BCUT2D eigenvalue weighted by Crippen LogP contribution is -2.55. The van der Waals surface area contributed by atoms with Crippen LogP contribution in [0.15, 0.2) is 41.4 Å². The number of hydrogen-bond acceptors (Lipinski definition) is 8. The highest BCUT2D eigenvalue weighted by Gasteiger charge is 2.46. The third-order valence-corrected chi connectivity index (χ3v) is 6.54. The largest absolute Gasteiger partial charge is 0.394 e. The Hall–Kier alpha value is -2.66. The third kappa shape index (κ3) is 4.76. The maximum atomic E-state index is 13.6. The lowest BCUT2D eigenvalue weighted by atomic mass is 9.97. The predicted molar refractivity (Wildman–Crippen MR) is 114 cm³/mol. The molecule has 1 aliphatic rings. The molecule has 4 rings (SSSR count). The van der Waals surface area contributed by atoms with Gasteiger partial charge in [-0.25, -0.2) is 17.9 Å². The molecule has 0 bridgehead atoms. The minimum Gasteiger partial charge on any atom is -0.394 e. The summed E-state index contributed by atoms with van der Waals surface area (Å²) in [7, 11) is 0. The Balaban J connectivity index is 1.65. The van der Waals surface area contributed by atoms with Crippen LogP contribution in [0.5, 0.6) is 0 Å². The first-order valence-electron chi connectivity index (χ1n) is 9.78. The van der Waals surface area contributed by atoms with Crippen molar-refractivity contribution in [2.24, 2.45) is 0 Å². The molecule has 8 nitrogen and oxygen atoms in total. The van der Waals surface area contributed by atoms with Crippen LogP contribution in [0.3, 0.4) is 0 Å². The number of hydrogen-bond donors (Lipinski definition) is 3. The average molecular weight is 513 g/mol. The van der Waals surface area contributed by atoms with Crippen molar-refractivity contribution in [3.8, 4) is 17.3 Å². The van der Waals surface area contributed by atoms with Crippen LogP contribution in [0.2, 0.25) is 5.02 Å². The molecule has 2 heterocycles. The number of nitrogens with zero attached hydrogens (tertiary/aromatic N) is 4. The highest BCUT2D eigenvalue weighted by atomic mass is 35.5. The summed E-state index contributed by atoms with van der Waals surface area (Å²) in [5, 5.41) is 48.5. The van der Waals surface area contributed by atoms with E-state index < -0.39 is 53.8 Å². The molecule has 0 spiro atoms. The molecule has 0 amide bonds. The summed E-state index contributed by atoms with van der Waals surface area (Å²) in [6, 6.07) is 6.83. The molecule has 1 fully saturated rings. The highest BCUT2D eigenvalue weighted by Crippen LogP contribution is 2.39. The van der Waals surface area contributed by atoms with E-state index in [1.807, 2.05) is 6.07 Å². The van der Waals surface area contributed by atoms with Crippen LogP contribution in [-0.4, -0.2) is 60.7 Å². The van der Waals surface area contributed by atoms with E-state index in [-0.39, 0.29) is 16.8 Å². The molecule has 34 heavy (non-hydrogen) atoms. The number of thioether (sulfide) groups is 1. The normalized spacial score (nSPS) is 24.7. The Morgan fingerprint density at radius 2 is 1.82 bits per heavy atom. The zero-order valence-corrected chi connectivity index (χ0v) is 18.6. The number of aliphatic hydroxyl groups is 3. The van der Waals surface area contributed by atoms with Gasteiger partial charge in [-0.3, -0.25) is 0 Å². The molecule has 0 radical (unpaired) electrons. The van der Waals surface area contributed by atoms with E-state index in [1.165, 1.54) is 18.3 Å². The molecule has 13 heteroatoms. The Labute approximate surface area is 200 Å². The molecular formula is C21H16ClF3N4O4S. The SMILES string of the molecule is N#Cc1cc(Cl)cc(S[C@H]2OC(CO)[C@H](O)C(n3cc(-c4cc(F)c(F)c(F)c4)nn3)[C@@H]2O)c1. The second-order valence-electron chi connectivity index (χ2n) is 7.44. The van der Waals surface area contributed by atoms with E-state index in [9.17, 15) is 28.5 Å². The van der Waals surface area contributed by atoms with Gasteiger partial charge >= 0.3 is 0 Å². The molecule has 0 saturated carbocycles. The molecule has 178 valence electrons. The minimum atomic E-state index is -1.63. The zero-order valence-electron chi connectivity index (χ0n) is 17.0. The number of rotatable bonds is 5. The van der Waals surface area contributed by atoms with Crippen LogP contribution in [0.4, 0.5) is 13.2 Å². The summed E-state index contributed by atoms with van der Waals surface area (Å²) in [6.07, 6.45) is -2.72. The van der Waals surface area contributed by atoms with Crippen LogP contribution in [-0.2, 0) is 4.74 Å². The van der Waals surface area contributed by atoms with Crippen molar-refractivity contribution in [1.29, 1.82) is 5.26 Å². The van der Waals surface area contributed by atoms with Crippen molar-refractivity contribution in [2.45, 2.75) is 34.7 Å². The lowest BCUT2D eigenvalue weighted by molar-refractivity contribution is -0.178. The minimum absolute atomic E-state index is 0.0399. The van der Waals surface area contributed by atoms with Crippen molar-refractivity contribution in [2.75, 3.05) is 6.61 Å². The molecule has 0 aliphatic carbocycles. The van der Waals surface area contributed by atoms with E-state index in [4.69, 9.17) is 21.6 Å². The fourth-order valence-electron chi connectivity index (χ4n) is 3.57. The number of aromatic nitrogens is 3. The number of nitriles is 1. The Morgan fingerprint density at radius 1 is 1.12 bits per heavy atom. The zero-order chi connectivity index (χ0) is 24.6. The summed E-state index contributed by atoms with van der Waals surface area (Å²) in [4.78, 5) is 0.497. The van der Waals surface area contributed by atoms with Crippen molar-refractivity contribution < 1.29 is 33.2 Å². The maximum absolute atomic E-state index is 13.6. The van der Waals surface area contributed by atoms with Crippen LogP contribution in [0.1, 0.15) is 11.6 Å². The van der Waals surface area contributed by atoms with Crippen LogP contribution >= 0.6 is 23.4 Å². The van der Waals surface area contributed by atoms with E-state index in [0.717, 1.165) is 28.6 Å². The Bertz CT molecular complexity index is 1230. The van der Waals surface area contributed by atoms with Gasteiger partial charge in [0.25, 0.3) is 0 Å². The second-order valence-corrected chi connectivity index (χ2v) is 9.05.